The molecule has 0 aromatic rings. The van der Waals surface area contributed by atoms with Crippen molar-refractivity contribution < 1.29 is 5.21 Å². The van der Waals surface area contributed by atoms with E-state index in [1.54, 1.807) is 0 Å². The fourth-order valence-corrected chi connectivity index (χ4v) is 2.07. The molecule has 1 aliphatic rings. The highest BCUT2D eigenvalue weighted by Crippen LogP contribution is 2.20. The minimum atomic E-state index is 0.374. The second-order valence-electron chi connectivity index (χ2n) is 4.08. The smallest absolute Gasteiger partial charge is 0.139 e. The van der Waals surface area contributed by atoms with E-state index in [1.807, 2.05) is 0 Å². The molecule has 0 radical (unpaired) electrons. The van der Waals surface area contributed by atoms with Gasteiger partial charge in [0.1, 0.15) is 5.84 Å². The van der Waals surface area contributed by atoms with Gasteiger partial charge in [-0.05, 0) is 44.8 Å². The van der Waals surface area contributed by atoms with Gasteiger partial charge in [-0.25, -0.2) is 0 Å². The topological polar surface area (TPSA) is 61.8 Å². The first-order chi connectivity index (χ1) is 6.76. The molecule has 1 fully saturated rings. The third kappa shape index (κ3) is 3.54. The molecule has 0 aliphatic carbocycles. The van der Waals surface area contributed by atoms with Crippen LogP contribution in [0.4, 0.5) is 0 Å². The zero-order valence-electron chi connectivity index (χ0n) is 8.95. The SMILES string of the molecule is CCCN1CCC(C/C(N)=N/O)CC1. The lowest BCUT2D eigenvalue weighted by Gasteiger charge is -2.31. The predicted molar refractivity (Wildman–Crippen MR) is 57.5 cm³/mol. The monoisotopic (exact) mass is 199 g/mol. The second-order valence-corrected chi connectivity index (χ2v) is 4.08. The highest BCUT2D eigenvalue weighted by Gasteiger charge is 2.19. The Bertz CT molecular complexity index is 186. The summed E-state index contributed by atoms with van der Waals surface area (Å²) in [5.41, 5.74) is 5.48. The highest BCUT2D eigenvalue weighted by molar-refractivity contribution is 5.79. The van der Waals surface area contributed by atoms with Crippen molar-refractivity contribution in [3.63, 3.8) is 0 Å². The molecular formula is C10H21N3O. The fraction of sp³-hybridized carbons (Fsp3) is 0.900. The van der Waals surface area contributed by atoms with Crippen LogP contribution in [0.25, 0.3) is 0 Å². The maximum Gasteiger partial charge on any atom is 0.139 e. The maximum atomic E-state index is 8.45. The van der Waals surface area contributed by atoms with Crippen molar-refractivity contribution in [3.8, 4) is 0 Å². The van der Waals surface area contributed by atoms with Crippen molar-refractivity contribution >= 4 is 5.84 Å². The molecule has 0 aromatic carbocycles. The third-order valence-corrected chi connectivity index (χ3v) is 2.87. The minimum Gasteiger partial charge on any atom is -0.409 e. The van der Waals surface area contributed by atoms with E-state index in [9.17, 15) is 0 Å². The normalized spacial score (nSPS) is 21.4. The first-order valence-corrected chi connectivity index (χ1v) is 5.45. The van der Waals surface area contributed by atoms with Gasteiger partial charge < -0.3 is 15.8 Å². The number of hydrogen-bond donors (Lipinski definition) is 2. The Hall–Kier alpha value is -0.770. The van der Waals surface area contributed by atoms with Crippen molar-refractivity contribution in [3.05, 3.63) is 0 Å². The van der Waals surface area contributed by atoms with Gasteiger partial charge in [-0.2, -0.15) is 0 Å². The standard InChI is InChI=1S/C10H21N3O/c1-2-5-13-6-3-9(4-7-13)8-10(11)12-14/h9,14H,2-8H2,1H3,(H2,11,12). The molecule has 0 saturated carbocycles. The van der Waals surface area contributed by atoms with Crippen molar-refractivity contribution in [2.45, 2.75) is 32.6 Å². The van der Waals surface area contributed by atoms with E-state index in [0.29, 0.717) is 11.8 Å². The van der Waals surface area contributed by atoms with E-state index in [4.69, 9.17) is 10.9 Å². The molecule has 1 aliphatic heterocycles. The number of likely N-dealkylation sites (tertiary alicyclic amines) is 1. The van der Waals surface area contributed by atoms with E-state index >= 15 is 0 Å². The van der Waals surface area contributed by atoms with Gasteiger partial charge in [0.05, 0.1) is 0 Å². The number of piperidine rings is 1. The van der Waals surface area contributed by atoms with E-state index in [2.05, 4.69) is 17.0 Å². The van der Waals surface area contributed by atoms with Crippen LogP contribution in [-0.4, -0.2) is 35.6 Å². The Labute approximate surface area is 85.8 Å². The Kier molecular flexibility index (Phi) is 4.73. The summed E-state index contributed by atoms with van der Waals surface area (Å²) in [6, 6.07) is 0. The van der Waals surface area contributed by atoms with Crippen LogP contribution in [-0.2, 0) is 0 Å². The largest absolute Gasteiger partial charge is 0.409 e. The van der Waals surface area contributed by atoms with Crippen molar-refractivity contribution in [1.29, 1.82) is 0 Å². The van der Waals surface area contributed by atoms with Crippen molar-refractivity contribution in [1.82, 2.24) is 4.90 Å². The Balaban J connectivity index is 2.22. The molecule has 0 unspecified atom stereocenters. The molecule has 4 heteroatoms. The van der Waals surface area contributed by atoms with E-state index in [1.165, 1.54) is 25.8 Å². The number of nitrogens with two attached hydrogens (primary N) is 1. The van der Waals surface area contributed by atoms with Gasteiger partial charge in [-0.15, -0.1) is 0 Å². The van der Waals surface area contributed by atoms with Crippen LogP contribution in [0.15, 0.2) is 5.16 Å². The number of rotatable bonds is 4. The molecular weight excluding hydrogens is 178 g/mol. The van der Waals surface area contributed by atoms with Crippen molar-refractivity contribution in [2.24, 2.45) is 16.8 Å². The van der Waals surface area contributed by atoms with Crippen LogP contribution in [0, 0.1) is 5.92 Å². The molecule has 3 N–H and O–H groups in total. The zero-order chi connectivity index (χ0) is 10.4. The summed E-state index contributed by atoms with van der Waals surface area (Å²) in [6.07, 6.45) is 4.33. The molecule has 0 bridgehead atoms. The lowest BCUT2D eigenvalue weighted by Crippen LogP contribution is -2.35. The predicted octanol–water partition coefficient (Wildman–Crippen LogP) is 1.24. The number of nitrogens with zero attached hydrogens (tertiary/aromatic N) is 2. The van der Waals surface area contributed by atoms with Crippen LogP contribution < -0.4 is 5.73 Å². The van der Waals surface area contributed by atoms with Gasteiger partial charge in [0, 0.05) is 6.42 Å². The van der Waals surface area contributed by atoms with Crippen LogP contribution in [0.5, 0.6) is 0 Å². The summed E-state index contributed by atoms with van der Waals surface area (Å²) in [5, 5.41) is 11.5. The molecule has 14 heavy (non-hydrogen) atoms. The van der Waals surface area contributed by atoms with Crippen LogP contribution in [0.3, 0.4) is 0 Å². The maximum absolute atomic E-state index is 8.45. The Morgan fingerprint density at radius 3 is 2.64 bits per heavy atom. The summed E-state index contributed by atoms with van der Waals surface area (Å²) in [4.78, 5) is 2.49. The van der Waals surface area contributed by atoms with Gasteiger partial charge in [0.25, 0.3) is 0 Å². The fourth-order valence-electron chi connectivity index (χ4n) is 2.07. The summed E-state index contributed by atoms with van der Waals surface area (Å²) in [6.45, 7) is 5.74. The molecule has 0 atom stereocenters. The number of oxime groups is 1. The molecule has 82 valence electrons. The molecule has 0 amide bonds. The first-order valence-electron chi connectivity index (χ1n) is 5.45. The van der Waals surface area contributed by atoms with Crippen LogP contribution in [0.2, 0.25) is 0 Å². The zero-order valence-corrected chi connectivity index (χ0v) is 8.95. The summed E-state index contributed by atoms with van der Waals surface area (Å²) < 4.78 is 0. The van der Waals surface area contributed by atoms with E-state index in [-0.39, 0.29) is 0 Å². The lowest BCUT2D eigenvalue weighted by molar-refractivity contribution is 0.187. The summed E-state index contributed by atoms with van der Waals surface area (Å²) in [5.74, 6) is 0.984. The average molecular weight is 199 g/mol. The van der Waals surface area contributed by atoms with Crippen LogP contribution >= 0.6 is 0 Å². The molecule has 1 heterocycles. The van der Waals surface area contributed by atoms with Gasteiger partial charge >= 0.3 is 0 Å². The molecule has 1 rings (SSSR count). The van der Waals surface area contributed by atoms with Gasteiger partial charge in [-0.3, -0.25) is 0 Å². The van der Waals surface area contributed by atoms with Gasteiger partial charge in [-0.1, -0.05) is 12.1 Å². The molecule has 1 saturated heterocycles. The van der Waals surface area contributed by atoms with E-state index < -0.39 is 0 Å². The number of amidine groups is 1. The molecule has 0 aromatic heterocycles. The quantitative estimate of drug-likeness (QED) is 0.310. The summed E-state index contributed by atoms with van der Waals surface area (Å²) in [7, 11) is 0. The van der Waals surface area contributed by atoms with Gasteiger partial charge in [0.2, 0.25) is 0 Å². The highest BCUT2D eigenvalue weighted by atomic mass is 16.4. The van der Waals surface area contributed by atoms with Crippen molar-refractivity contribution in [2.75, 3.05) is 19.6 Å². The molecule has 0 spiro atoms. The lowest BCUT2D eigenvalue weighted by atomic mass is 9.93. The van der Waals surface area contributed by atoms with E-state index in [0.717, 1.165) is 19.5 Å². The van der Waals surface area contributed by atoms with Gasteiger partial charge in [0.15, 0.2) is 0 Å². The Morgan fingerprint density at radius 2 is 2.14 bits per heavy atom. The number of hydrogen-bond acceptors (Lipinski definition) is 3. The first kappa shape index (κ1) is 11.3. The van der Waals surface area contributed by atoms with Crippen LogP contribution in [0.1, 0.15) is 32.6 Å². The average Bonchev–Trinajstić information content (AvgIpc) is 2.21. The molecule has 4 nitrogen and oxygen atoms in total. The third-order valence-electron chi connectivity index (χ3n) is 2.87. The minimum absolute atomic E-state index is 0.374. The second kappa shape index (κ2) is 5.86. The Morgan fingerprint density at radius 1 is 1.50 bits per heavy atom. The summed E-state index contributed by atoms with van der Waals surface area (Å²) >= 11 is 0.